The lowest BCUT2D eigenvalue weighted by Crippen LogP contribution is -2.57. The predicted octanol–water partition coefficient (Wildman–Crippen LogP) is 9.85. The van der Waals surface area contributed by atoms with Crippen LogP contribution in [0.1, 0.15) is 30.9 Å². The number of rotatable bonds is 4. The Morgan fingerprint density at radius 2 is 1.04 bits per heavy atom. The van der Waals surface area contributed by atoms with Crippen molar-refractivity contribution in [2.24, 2.45) is 0 Å². The Morgan fingerprint density at radius 3 is 1.62 bits per heavy atom. The van der Waals surface area contributed by atoms with Crippen molar-refractivity contribution in [2.45, 2.75) is 26.7 Å². The molecule has 224 valence electrons. The SMILES string of the molecule is CC1=C(c2ccc(-c3cc(-c4ccc(-c5ccccc5C)cc4)c4c5c3Oc3ccccc3B5c3ccccc3O4)cc2)C=CCC1. The van der Waals surface area contributed by atoms with Gasteiger partial charge in [0.05, 0.1) is 0 Å². The topological polar surface area (TPSA) is 18.5 Å². The average Bonchev–Trinajstić information content (AvgIpc) is 3.12. The second-order valence-electron chi connectivity index (χ2n) is 12.9. The van der Waals surface area contributed by atoms with Crippen molar-refractivity contribution in [1.29, 1.82) is 0 Å². The first-order valence-corrected chi connectivity index (χ1v) is 16.5. The molecule has 2 heterocycles. The number of allylic oxidation sites excluding steroid dienone is 4. The summed E-state index contributed by atoms with van der Waals surface area (Å²) in [6, 6.07) is 45.6. The van der Waals surface area contributed by atoms with Gasteiger partial charge in [0.1, 0.15) is 23.0 Å². The summed E-state index contributed by atoms with van der Waals surface area (Å²) in [5.41, 5.74) is 15.5. The molecule has 6 aromatic carbocycles. The van der Waals surface area contributed by atoms with E-state index < -0.39 is 0 Å². The maximum atomic E-state index is 6.87. The van der Waals surface area contributed by atoms with Crippen molar-refractivity contribution < 1.29 is 9.47 Å². The summed E-state index contributed by atoms with van der Waals surface area (Å²) < 4.78 is 13.7. The van der Waals surface area contributed by atoms with Gasteiger partial charge in [-0.1, -0.05) is 127 Å². The van der Waals surface area contributed by atoms with Crippen molar-refractivity contribution in [3.8, 4) is 56.4 Å². The van der Waals surface area contributed by atoms with E-state index in [2.05, 4.69) is 153 Å². The van der Waals surface area contributed by atoms with Crippen LogP contribution in [0.15, 0.2) is 145 Å². The van der Waals surface area contributed by atoms with Crippen molar-refractivity contribution in [3.63, 3.8) is 0 Å². The first kappa shape index (κ1) is 27.7. The Kier molecular flexibility index (Phi) is 6.53. The Hall–Kier alpha value is -5.54. The molecule has 6 aromatic rings. The van der Waals surface area contributed by atoms with Crippen LogP contribution < -0.4 is 25.9 Å². The van der Waals surface area contributed by atoms with E-state index in [0.29, 0.717) is 0 Å². The molecule has 9 rings (SSSR count). The van der Waals surface area contributed by atoms with Gasteiger partial charge in [-0.05, 0) is 94.8 Å². The van der Waals surface area contributed by atoms with E-state index in [1.165, 1.54) is 33.4 Å². The number of aryl methyl sites for hydroxylation is 1. The van der Waals surface area contributed by atoms with Gasteiger partial charge in [0, 0.05) is 16.6 Å². The molecule has 0 amide bonds. The minimum atomic E-state index is -0.000652. The highest BCUT2D eigenvalue weighted by Crippen LogP contribution is 2.46. The van der Waals surface area contributed by atoms with E-state index in [-0.39, 0.29) is 6.71 Å². The van der Waals surface area contributed by atoms with Gasteiger partial charge in [-0.15, -0.1) is 0 Å². The van der Waals surface area contributed by atoms with Gasteiger partial charge >= 0.3 is 0 Å². The molecule has 3 heteroatoms. The van der Waals surface area contributed by atoms with Crippen LogP contribution in [0.5, 0.6) is 23.0 Å². The summed E-state index contributed by atoms with van der Waals surface area (Å²) in [6.07, 6.45) is 6.79. The molecular formula is C44H33BO2. The summed E-state index contributed by atoms with van der Waals surface area (Å²) in [5.74, 6) is 3.54. The summed E-state index contributed by atoms with van der Waals surface area (Å²) in [6.45, 7) is 4.42. The van der Waals surface area contributed by atoms with Crippen molar-refractivity contribution in [3.05, 3.63) is 156 Å². The largest absolute Gasteiger partial charge is 0.458 e. The Bertz CT molecular complexity index is 2250. The zero-order chi connectivity index (χ0) is 31.5. The zero-order valence-electron chi connectivity index (χ0n) is 26.6. The molecule has 0 saturated carbocycles. The number of benzene rings is 6. The van der Waals surface area contributed by atoms with Gasteiger partial charge in [0.15, 0.2) is 0 Å². The van der Waals surface area contributed by atoms with Gasteiger partial charge in [-0.25, -0.2) is 0 Å². The van der Waals surface area contributed by atoms with Crippen LogP contribution >= 0.6 is 0 Å². The fraction of sp³-hybridized carbons (Fsp3) is 0.0909. The molecule has 0 spiro atoms. The average molecular weight is 605 g/mol. The lowest BCUT2D eigenvalue weighted by molar-refractivity contribution is 0.467. The molecule has 0 unspecified atom stereocenters. The van der Waals surface area contributed by atoms with Crippen molar-refractivity contribution >= 4 is 28.7 Å². The van der Waals surface area contributed by atoms with Crippen LogP contribution in [0, 0.1) is 6.92 Å². The number of para-hydroxylation sites is 2. The fourth-order valence-electron chi connectivity index (χ4n) is 7.58. The highest BCUT2D eigenvalue weighted by molar-refractivity contribution is 6.98. The molecule has 0 radical (unpaired) electrons. The number of ether oxygens (including phenoxy) is 2. The molecule has 2 aliphatic heterocycles. The number of hydrogen-bond acceptors (Lipinski definition) is 2. The third-order valence-corrected chi connectivity index (χ3v) is 10.0. The summed E-state index contributed by atoms with van der Waals surface area (Å²) in [7, 11) is 0. The monoisotopic (exact) mass is 604 g/mol. The Balaban J connectivity index is 1.26. The van der Waals surface area contributed by atoms with Crippen LogP contribution in [0.3, 0.4) is 0 Å². The lowest BCUT2D eigenvalue weighted by Gasteiger charge is -2.35. The summed E-state index contributed by atoms with van der Waals surface area (Å²) in [4.78, 5) is 0. The van der Waals surface area contributed by atoms with E-state index in [0.717, 1.165) is 74.5 Å². The maximum absolute atomic E-state index is 6.87. The Labute approximate surface area is 276 Å². The van der Waals surface area contributed by atoms with E-state index in [4.69, 9.17) is 9.47 Å². The third-order valence-electron chi connectivity index (χ3n) is 10.0. The van der Waals surface area contributed by atoms with E-state index in [1.807, 2.05) is 0 Å². The first-order chi connectivity index (χ1) is 23.1. The fourth-order valence-corrected chi connectivity index (χ4v) is 7.58. The van der Waals surface area contributed by atoms with Crippen molar-refractivity contribution in [1.82, 2.24) is 0 Å². The van der Waals surface area contributed by atoms with Gasteiger partial charge in [-0.2, -0.15) is 0 Å². The van der Waals surface area contributed by atoms with Gasteiger partial charge in [-0.3, -0.25) is 0 Å². The summed E-state index contributed by atoms with van der Waals surface area (Å²) in [5, 5.41) is 0. The Morgan fingerprint density at radius 1 is 0.532 bits per heavy atom. The minimum Gasteiger partial charge on any atom is -0.458 e. The first-order valence-electron chi connectivity index (χ1n) is 16.5. The maximum Gasteiger partial charge on any atom is 0.260 e. The molecule has 0 N–H and O–H groups in total. The van der Waals surface area contributed by atoms with Crippen LogP contribution in [-0.4, -0.2) is 6.71 Å². The van der Waals surface area contributed by atoms with Crippen LogP contribution in [0.25, 0.3) is 39.0 Å². The quantitative estimate of drug-likeness (QED) is 0.186. The van der Waals surface area contributed by atoms with Gasteiger partial charge in [0.25, 0.3) is 6.71 Å². The van der Waals surface area contributed by atoms with Gasteiger partial charge < -0.3 is 9.47 Å². The molecule has 0 fully saturated rings. The highest BCUT2D eigenvalue weighted by Gasteiger charge is 2.42. The van der Waals surface area contributed by atoms with E-state index >= 15 is 0 Å². The molecule has 1 aliphatic carbocycles. The minimum absolute atomic E-state index is 0.000652. The zero-order valence-corrected chi connectivity index (χ0v) is 26.6. The second kappa shape index (κ2) is 11.1. The molecule has 0 saturated heterocycles. The standard InChI is InChI=1S/C44H33BO2/c1-28-11-3-5-13-34(28)30-19-23-32(24-20-30)36-27-37(33-25-21-31(22-26-33)35-14-6-4-12-29(35)2)44-42-43(36)46-40-17-9-7-15-38(40)45(42)39-16-8-10-18-41(39)47-44/h3,5-11,13-27H,4,12H2,1-2H3. The predicted molar refractivity (Wildman–Crippen MR) is 196 cm³/mol. The molecule has 2 nitrogen and oxygen atoms in total. The number of fused-ring (bicyclic) bond motifs is 4. The van der Waals surface area contributed by atoms with E-state index in [9.17, 15) is 0 Å². The van der Waals surface area contributed by atoms with Gasteiger partial charge in [0.2, 0.25) is 0 Å². The molecule has 47 heavy (non-hydrogen) atoms. The van der Waals surface area contributed by atoms with Crippen LogP contribution in [0.4, 0.5) is 0 Å². The highest BCUT2D eigenvalue weighted by atomic mass is 16.5. The van der Waals surface area contributed by atoms with Crippen molar-refractivity contribution in [2.75, 3.05) is 0 Å². The molecular weight excluding hydrogens is 571 g/mol. The molecule has 0 bridgehead atoms. The van der Waals surface area contributed by atoms with E-state index in [1.54, 1.807) is 0 Å². The normalized spacial score (nSPS) is 14.1. The van der Waals surface area contributed by atoms with Crippen LogP contribution in [-0.2, 0) is 0 Å². The third kappa shape index (κ3) is 4.57. The smallest absolute Gasteiger partial charge is 0.260 e. The molecule has 3 aliphatic rings. The second-order valence-corrected chi connectivity index (χ2v) is 12.9. The lowest BCUT2D eigenvalue weighted by atomic mass is 9.34. The number of hydrogen-bond donors (Lipinski definition) is 0. The molecule has 0 aromatic heterocycles. The summed E-state index contributed by atoms with van der Waals surface area (Å²) >= 11 is 0. The van der Waals surface area contributed by atoms with Crippen LogP contribution in [0.2, 0.25) is 0 Å². The molecule has 0 atom stereocenters.